The molecule has 2 atom stereocenters. The number of halogens is 2. The monoisotopic (exact) mass is 361 g/mol. The van der Waals surface area contributed by atoms with Gasteiger partial charge in [0.2, 0.25) is 0 Å². The van der Waals surface area contributed by atoms with Gasteiger partial charge in [0.25, 0.3) is 5.91 Å². The highest BCUT2D eigenvalue weighted by molar-refractivity contribution is 9.10. The van der Waals surface area contributed by atoms with Crippen LogP contribution in [0.25, 0.3) is 0 Å². The third-order valence-electron chi connectivity index (χ3n) is 3.22. The van der Waals surface area contributed by atoms with Crippen molar-refractivity contribution in [3.05, 3.63) is 27.7 Å². The van der Waals surface area contributed by atoms with Crippen LogP contribution in [-0.2, 0) is 4.79 Å². The van der Waals surface area contributed by atoms with Crippen molar-refractivity contribution in [1.82, 2.24) is 5.32 Å². The maximum absolute atomic E-state index is 11.9. The summed E-state index contributed by atoms with van der Waals surface area (Å²) in [5, 5.41) is 13.0. The average Bonchev–Trinajstić information content (AvgIpc) is 3.23. The van der Waals surface area contributed by atoms with Gasteiger partial charge in [-0.15, -0.1) is 0 Å². The summed E-state index contributed by atoms with van der Waals surface area (Å²) in [6, 6.07) is 5.11. The van der Waals surface area contributed by atoms with E-state index in [-0.39, 0.29) is 12.5 Å². The molecule has 1 aliphatic rings. The fourth-order valence-electron chi connectivity index (χ4n) is 1.81. The molecule has 2 N–H and O–H groups in total. The van der Waals surface area contributed by atoms with E-state index in [2.05, 4.69) is 21.2 Å². The summed E-state index contributed by atoms with van der Waals surface area (Å²) in [4.78, 5) is 11.9. The topological polar surface area (TPSA) is 58.6 Å². The molecule has 0 saturated heterocycles. The van der Waals surface area contributed by atoms with Gasteiger partial charge in [-0.25, -0.2) is 0 Å². The van der Waals surface area contributed by atoms with Crippen LogP contribution in [0.2, 0.25) is 5.02 Å². The zero-order chi connectivity index (χ0) is 14.7. The number of hydrogen-bond donors (Lipinski definition) is 2. The fraction of sp³-hybridized carbons (Fsp3) is 0.500. The first-order chi connectivity index (χ1) is 9.47. The minimum absolute atomic E-state index is 0.244. The summed E-state index contributed by atoms with van der Waals surface area (Å²) in [6.07, 6.45) is 0.994. The highest BCUT2D eigenvalue weighted by Crippen LogP contribution is 2.32. The van der Waals surface area contributed by atoms with Gasteiger partial charge >= 0.3 is 0 Å². The first-order valence-corrected chi connectivity index (χ1v) is 7.72. The van der Waals surface area contributed by atoms with Gasteiger partial charge in [0.15, 0.2) is 6.10 Å². The average molecular weight is 363 g/mol. The van der Waals surface area contributed by atoms with Crippen LogP contribution in [0.5, 0.6) is 5.75 Å². The van der Waals surface area contributed by atoms with E-state index in [9.17, 15) is 9.90 Å². The van der Waals surface area contributed by atoms with Gasteiger partial charge in [-0.05, 0) is 59.8 Å². The molecular weight excluding hydrogens is 346 g/mol. The predicted octanol–water partition coefficient (Wildman–Crippen LogP) is 2.76. The largest absolute Gasteiger partial charge is 0.480 e. The van der Waals surface area contributed by atoms with Gasteiger partial charge in [0.1, 0.15) is 5.75 Å². The molecule has 110 valence electrons. The Labute approximate surface area is 131 Å². The summed E-state index contributed by atoms with van der Waals surface area (Å²) in [7, 11) is 0. The maximum Gasteiger partial charge on any atom is 0.260 e. The molecule has 0 aromatic heterocycles. The Morgan fingerprint density at radius 1 is 1.60 bits per heavy atom. The van der Waals surface area contributed by atoms with E-state index in [0.29, 0.717) is 21.2 Å². The number of ether oxygens (including phenoxy) is 1. The van der Waals surface area contributed by atoms with Crippen molar-refractivity contribution in [3.8, 4) is 5.75 Å². The van der Waals surface area contributed by atoms with Crippen LogP contribution in [0.15, 0.2) is 22.7 Å². The Balaban J connectivity index is 1.83. The second-order valence-corrected chi connectivity index (χ2v) is 6.28. The SMILES string of the molecule is CC(Oc1ccc(Cl)cc1Br)C(=O)NCC(O)C1CC1. The van der Waals surface area contributed by atoms with E-state index in [1.807, 2.05) is 0 Å². The van der Waals surface area contributed by atoms with E-state index in [1.165, 1.54) is 0 Å². The number of benzene rings is 1. The first kappa shape index (κ1) is 15.6. The van der Waals surface area contributed by atoms with Crippen LogP contribution in [0.3, 0.4) is 0 Å². The molecular formula is C14H17BrClNO3. The third kappa shape index (κ3) is 4.36. The van der Waals surface area contributed by atoms with E-state index in [4.69, 9.17) is 16.3 Å². The number of carbonyl (C=O) groups is 1. The number of aliphatic hydroxyl groups excluding tert-OH is 1. The molecule has 0 aliphatic heterocycles. The number of carbonyl (C=O) groups excluding carboxylic acids is 1. The van der Waals surface area contributed by atoms with E-state index in [0.717, 1.165) is 12.8 Å². The molecule has 0 radical (unpaired) electrons. The van der Waals surface area contributed by atoms with Crippen molar-refractivity contribution in [2.45, 2.75) is 32.0 Å². The van der Waals surface area contributed by atoms with Crippen molar-refractivity contribution in [2.24, 2.45) is 5.92 Å². The van der Waals surface area contributed by atoms with Crippen molar-refractivity contribution >= 4 is 33.4 Å². The zero-order valence-corrected chi connectivity index (χ0v) is 13.4. The van der Waals surface area contributed by atoms with E-state index < -0.39 is 12.2 Å². The number of hydrogen-bond acceptors (Lipinski definition) is 3. The number of amides is 1. The Kier molecular flexibility index (Phi) is 5.29. The van der Waals surface area contributed by atoms with E-state index >= 15 is 0 Å². The van der Waals surface area contributed by atoms with Crippen molar-refractivity contribution < 1.29 is 14.6 Å². The minimum atomic E-state index is -0.640. The molecule has 1 aromatic carbocycles. The highest BCUT2D eigenvalue weighted by Gasteiger charge is 2.30. The molecule has 1 saturated carbocycles. The predicted molar refractivity (Wildman–Crippen MR) is 81.0 cm³/mol. The standard InChI is InChI=1S/C14H17BrClNO3/c1-8(14(19)17-7-12(18)9-2-3-9)20-13-5-4-10(16)6-11(13)15/h4-6,8-9,12,18H,2-3,7H2,1H3,(H,17,19). The molecule has 1 aliphatic carbocycles. The molecule has 1 fully saturated rings. The van der Waals surface area contributed by atoms with Gasteiger partial charge in [-0.3, -0.25) is 4.79 Å². The van der Waals surface area contributed by atoms with Crippen LogP contribution >= 0.6 is 27.5 Å². The van der Waals surface area contributed by atoms with Crippen LogP contribution in [0.4, 0.5) is 0 Å². The lowest BCUT2D eigenvalue weighted by Gasteiger charge is -2.17. The molecule has 2 unspecified atom stereocenters. The van der Waals surface area contributed by atoms with Gasteiger partial charge < -0.3 is 15.2 Å². The molecule has 1 amide bonds. The smallest absolute Gasteiger partial charge is 0.260 e. The van der Waals surface area contributed by atoms with Crippen molar-refractivity contribution in [3.63, 3.8) is 0 Å². The first-order valence-electron chi connectivity index (χ1n) is 6.55. The van der Waals surface area contributed by atoms with Crippen LogP contribution in [0.1, 0.15) is 19.8 Å². The maximum atomic E-state index is 11.9. The summed E-state index contributed by atoms with van der Waals surface area (Å²) in [6.45, 7) is 1.94. The molecule has 1 aromatic rings. The summed E-state index contributed by atoms with van der Waals surface area (Å²) in [5.41, 5.74) is 0. The lowest BCUT2D eigenvalue weighted by atomic mass is 10.2. The highest BCUT2D eigenvalue weighted by atomic mass is 79.9. The van der Waals surface area contributed by atoms with Crippen LogP contribution in [0, 0.1) is 5.92 Å². The molecule has 0 spiro atoms. The molecule has 6 heteroatoms. The number of rotatable bonds is 6. The Morgan fingerprint density at radius 3 is 2.90 bits per heavy atom. The lowest BCUT2D eigenvalue weighted by molar-refractivity contribution is -0.127. The quantitative estimate of drug-likeness (QED) is 0.818. The summed E-state index contributed by atoms with van der Waals surface area (Å²) in [5.74, 6) is 0.656. The molecule has 20 heavy (non-hydrogen) atoms. The Hall–Kier alpha value is -0.780. The zero-order valence-electron chi connectivity index (χ0n) is 11.1. The molecule has 0 bridgehead atoms. The molecule has 4 nitrogen and oxygen atoms in total. The number of nitrogens with one attached hydrogen (secondary N) is 1. The van der Waals surface area contributed by atoms with E-state index in [1.54, 1.807) is 25.1 Å². The van der Waals surface area contributed by atoms with Crippen LogP contribution < -0.4 is 10.1 Å². The lowest BCUT2D eigenvalue weighted by Crippen LogP contribution is -2.40. The molecule has 2 rings (SSSR count). The van der Waals surface area contributed by atoms with Gasteiger partial charge in [0.05, 0.1) is 10.6 Å². The Morgan fingerprint density at radius 2 is 2.30 bits per heavy atom. The van der Waals surface area contributed by atoms with Gasteiger partial charge in [-0.1, -0.05) is 11.6 Å². The normalized spacial score (nSPS) is 17.4. The fourth-order valence-corrected chi connectivity index (χ4v) is 2.59. The van der Waals surface area contributed by atoms with Crippen LogP contribution in [-0.4, -0.2) is 29.8 Å². The van der Waals surface area contributed by atoms with Crippen molar-refractivity contribution in [1.29, 1.82) is 0 Å². The second-order valence-electron chi connectivity index (χ2n) is 4.98. The minimum Gasteiger partial charge on any atom is -0.480 e. The summed E-state index contributed by atoms with van der Waals surface area (Å²) >= 11 is 9.18. The summed E-state index contributed by atoms with van der Waals surface area (Å²) < 4.78 is 6.27. The van der Waals surface area contributed by atoms with Gasteiger partial charge in [-0.2, -0.15) is 0 Å². The Bertz CT molecular complexity index is 493. The molecule has 0 heterocycles. The second kappa shape index (κ2) is 6.78. The third-order valence-corrected chi connectivity index (χ3v) is 4.07. The van der Waals surface area contributed by atoms with Gasteiger partial charge in [0, 0.05) is 11.6 Å². The number of aliphatic hydroxyl groups is 1. The van der Waals surface area contributed by atoms with Crippen molar-refractivity contribution in [2.75, 3.05) is 6.54 Å².